The Kier molecular flexibility index (Phi) is 3.04. The summed E-state index contributed by atoms with van der Waals surface area (Å²) < 4.78 is 0. The van der Waals surface area contributed by atoms with E-state index in [0.29, 0.717) is 17.6 Å². The number of fused-ring (bicyclic) bond motifs is 1. The van der Waals surface area contributed by atoms with Gasteiger partial charge in [-0.15, -0.1) is 10.2 Å². The normalized spacial score (nSPS) is 22.4. The number of aromatic nitrogens is 2. The van der Waals surface area contributed by atoms with Crippen LogP contribution >= 0.6 is 0 Å². The molecule has 1 N–H and O–H groups in total. The van der Waals surface area contributed by atoms with Gasteiger partial charge < -0.3 is 10.0 Å². The van der Waals surface area contributed by atoms with Crippen molar-refractivity contribution in [3.05, 3.63) is 30.0 Å². The molecule has 0 amide bonds. The zero-order valence-corrected chi connectivity index (χ0v) is 11.6. The largest absolute Gasteiger partial charge is 0.476 e. The van der Waals surface area contributed by atoms with Crippen LogP contribution in [0.15, 0.2) is 24.3 Å². The van der Waals surface area contributed by atoms with E-state index in [1.165, 1.54) is 0 Å². The van der Waals surface area contributed by atoms with Crippen molar-refractivity contribution in [3.8, 4) is 0 Å². The molecule has 2 heterocycles. The third-order valence-corrected chi connectivity index (χ3v) is 3.91. The highest BCUT2D eigenvalue weighted by Gasteiger charge is 2.31. The van der Waals surface area contributed by atoms with Gasteiger partial charge in [-0.1, -0.05) is 25.1 Å². The maximum absolute atomic E-state index is 11.5. The molecule has 20 heavy (non-hydrogen) atoms. The molecule has 104 valence electrons. The van der Waals surface area contributed by atoms with Gasteiger partial charge in [0.05, 0.1) is 11.2 Å². The first-order chi connectivity index (χ1) is 9.58. The van der Waals surface area contributed by atoms with E-state index in [-0.39, 0.29) is 5.69 Å². The standard InChI is InChI=1S/C15H17N3O2/c1-9-7-10(2)18(8-9)14-11-5-3-4-6-12(11)16-17-13(14)15(19)20/h3-6,9-10H,7-8H2,1-2H3,(H,19,20). The maximum atomic E-state index is 11.5. The molecular weight excluding hydrogens is 254 g/mol. The van der Waals surface area contributed by atoms with E-state index in [2.05, 4.69) is 28.9 Å². The van der Waals surface area contributed by atoms with E-state index >= 15 is 0 Å². The van der Waals surface area contributed by atoms with E-state index in [4.69, 9.17) is 0 Å². The van der Waals surface area contributed by atoms with Gasteiger partial charge in [-0.3, -0.25) is 0 Å². The molecule has 0 radical (unpaired) electrons. The minimum absolute atomic E-state index is 0.0460. The highest BCUT2D eigenvalue weighted by Crippen LogP contribution is 2.35. The Morgan fingerprint density at radius 3 is 2.70 bits per heavy atom. The van der Waals surface area contributed by atoms with Crippen LogP contribution in [0.4, 0.5) is 5.69 Å². The van der Waals surface area contributed by atoms with Crippen LogP contribution in [0.5, 0.6) is 0 Å². The average Bonchev–Trinajstić information content (AvgIpc) is 2.76. The first kappa shape index (κ1) is 12.8. The number of carboxylic acids is 1. The van der Waals surface area contributed by atoms with Crippen LogP contribution in [0, 0.1) is 5.92 Å². The third kappa shape index (κ3) is 1.99. The Labute approximate surface area is 117 Å². The van der Waals surface area contributed by atoms with Crippen molar-refractivity contribution in [1.82, 2.24) is 10.2 Å². The van der Waals surface area contributed by atoms with Crippen molar-refractivity contribution in [1.29, 1.82) is 0 Å². The van der Waals surface area contributed by atoms with Gasteiger partial charge >= 0.3 is 5.97 Å². The molecule has 3 rings (SSSR count). The lowest BCUT2D eigenvalue weighted by atomic mass is 10.1. The van der Waals surface area contributed by atoms with E-state index in [1.807, 2.05) is 24.3 Å². The van der Waals surface area contributed by atoms with Gasteiger partial charge in [-0.25, -0.2) is 4.79 Å². The molecule has 2 unspecified atom stereocenters. The molecule has 0 bridgehead atoms. The number of anilines is 1. The summed E-state index contributed by atoms with van der Waals surface area (Å²) in [5.74, 6) is -0.469. The number of rotatable bonds is 2. The van der Waals surface area contributed by atoms with Crippen molar-refractivity contribution in [3.63, 3.8) is 0 Å². The molecule has 1 aromatic carbocycles. The summed E-state index contributed by atoms with van der Waals surface area (Å²) >= 11 is 0. The van der Waals surface area contributed by atoms with Gasteiger partial charge in [-0.2, -0.15) is 0 Å². The molecular formula is C15H17N3O2. The fourth-order valence-corrected chi connectivity index (χ4v) is 3.09. The lowest BCUT2D eigenvalue weighted by Crippen LogP contribution is -2.29. The summed E-state index contributed by atoms with van der Waals surface area (Å²) in [5, 5.41) is 18.2. The molecule has 5 heteroatoms. The van der Waals surface area contributed by atoms with Gasteiger partial charge in [0.15, 0.2) is 5.69 Å². The SMILES string of the molecule is CC1CC(C)N(c2c(C(=O)O)nnc3ccccc23)C1. The Bertz CT molecular complexity index is 671. The van der Waals surface area contributed by atoms with Crippen molar-refractivity contribution >= 4 is 22.6 Å². The van der Waals surface area contributed by atoms with Gasteiger partial charge in [0.2, 0.25) is 0 Å². The fourth-order valence-electron chi connectivity index (χ4n) is 3.09. The molecule has 1 saturated heterocycles. The highest BCUT2D eigenvalue weighted by molar-refractivity contribution is 6.03. The molecule has 1 aliphatic rings. The molecule has 5 nitrogen and oxygen atoms in total. The number of benzene rings is 1. The first-order valence-electron chi connectivity index (χ1n) is 6.83. The molecule has 1 aliphatic heterocycles. The summed E-state index contributed by atoms with van der Waals surface area (Å²) in [6.45, 7) is 5.18. The number of hydrogen-bond donors (Lipinski definition) is 1. The van der Waals surface area contributed by atoms with Crippen molar-refractivity contribution in [2.75, 3.05) is 11.4 Å². The number of aromatic carboxylic acids is 1. The van der Waals surface area contributed by atoms with E-state index < -0.39 is 5.97 Å². The van der Waals surface area contributed by atoms with Gasteiger partial charge in [0.25, 0.3) is 0 Å². The van der Waals surface area contributed by atoms with Crippen LogP contribution in [0.3, 0.4) is 0 Å². The van der Waals surface area contributed by atoms with Crippen LogP contribution in [0.25, 0.3) is 10.9 Å². The monoisotopic (exact) mass is 271 g/mol. The average molecular weight is 271 g/mol. The first-order valence-corrected chi connectivity index (χ1v) is 6.83. The lowest BCUT2D eigenvalue weighted by molar-refractivity contribution is 0.0690. The molecule has 1 aromatic heterocycles. The molecule has 0 aliphatic carbocycles. The smallest absolute Gasteiger partial charge is 0.358 e. The van der Waals surface area contributed by atoms with E-state index in [0.717, 1.165) is 23.9 Å². The zero-order valence-electron chi connectivity index (χ0n) is 11.6. The van der Waals surface area contributed by atoms with E-state index in [9.17, 15) is 9.90 Å². The Morgan fingerprint density at radius 1 is 1.30 bits per heavy atom. The molecule has 0 spiro atoms. The zero-order chi connectivity index (χ0) is 14.3. The number of hydrogen-bond acceptors (Lipinski definition) is 4. The number of nitrogens with zero attached hydrogens (tertiary/aromatic N) is 3. The predicted molar refractivity (Wildman–Crippen MR) is 77.1 cm³/mol. The second-order valence-electron chi connectivity index (χ2n) is 5.56. The lowest BCUT2D eigenvalue weighted by Gasteiger charge is -2.26. The second kappa shape index (κ2) is 4.74. The van der Waals surface area contributed by atoms with E-state index in [1.54, 1.807) is 0 Å². The predicted octanol–water partition coefficient (Wildman–Crippen LogP) is 2.56. The molecule has 0 saturated carbocycles. The van der Waals surface area contributed by atoms with Crippen LogP contribution in [-0.2, 0) is 0 Å². The van der Waals surface area contributed by atoms with Gasteiger partial charge in [0.1, 0.15) is 0 Å². The summed E-state index contributed by atoms with van der Waals surface area (Å²) in [6.07, 6.45) is 1.07. The second-order valence-corrected chi connectivity index (χ2v) is 5.56. The topological polar surface area (TPSA) is 66.3 Å². The van der Waals surface area contributed by atoms with Crippen LogP contribution < -0.4 is 4.90 Å². The molecule has 1 fully saturated rings. The Balaban J connectivity index is 2.25. The third-order valence-electron chi connectivity index (χ3n) is 3.91. The fraction of sp³-hybridized carbons (Fsp3) is 0.400. The van der Waals surface area contributed by atoms with Crippen molar-refractivity contribution < 1.29 is 9.90 Å². The maximum Gasteiger partial charge on any atom is 0.358 e. The van der Waals surface area contributed by atoms with Crippen molar-refractivity contribution in [2.45, 2.75) is 26.3 Å². The van der Waals surface area contributed by atoms with Gasteiger partial charge in [-0.05, 0) is 25.3 Å². The van der Waals surface area contributed by atoms with Crippen LogP contribution in [0.2, 0.25) is 0 Å². The minimum atomic E-state index is -1.02. The van der Waals surface area contributed by atoms with Gasteiger partial charge in [0, 0.05) is 18.0 Å². The summed E-state index contributed by atoms with van der Waals surface area (Å²) in [6, 6.07) is 7.89. The summed E-state index contributed by atoms with van der Waals surface area (Å²) in [7, 11) is 0. The summed E-state index contributed by atoms with van der Waals surface area (Å²) in [5.41, 5.74) is 1.49. The highest BCUT2D eigenvalue weighted by atomic mass is 16.4. The molecule has 2 aromatic rings. The number of carboxylic acid groups (broad SMARTS) is 1. The van der Waals surface area contributed by atoms with Crippen LogP contribution in [-0.4, -0.2) is 33.9 Å². The summed E-state index contributed by atoms with van der Waals surface area (Å²) in [4.78, 5) is 13.6. The minimum Gasteiger partial charge on any atom is -0.476 e. The Hall–Kier alpha value is -2.17. The van der Waals surface area contributed by atoms with Crippen LogP contribution in [0.1, 0.15) is 30.8 Å². The Morgan fingerprint density at radius 2 is 2.05 bits per heavy atom. The molecule has 2 atom stereocenters. The number of carbonyl (C=O) groups is 1. The quantitative estimate of drug-likeness (QED) is 0.909. The van der Waals surface area contributed by atoms with Crippen molar-refractivity contribution in [2.24, 2.45) is 5.92 Å².